The van der Waals surface area contributed by atoms with E-state index in [0.717, 1.165) is 28.1 Å². The molecule has 2 rings (SSSR count). The number of allylic oxidation sites excluding steroid dienone is 1. The molecule has 19 heavy (non-hydrogen) atoms. The van der Waals surface area contributed by atoms with E-state index in [-0.39, 0.29) is 0 Å². The third-order valence-electron chi connectivity index (χ3n) is 3.01. The van der Waals surface area contributed by atoms with Crippen molar-refractivity contribution in [1.29, 1.82) is 0 Å². The van der Waals surface area contributed by atoms with E-state index in [1.165, 1.54) is 0 Å². The third-order valence-corrected chi connectivity index (χ3v) is 3.01. The molecule has 0 bridgehead atoms. The highest BCUT2D eigenvalue weighted by atomic mass is 14.7. The van der Waals surface area contributed by atoms with Gasteiger partial charge in [0.2, 0.25) is 0 Å². The molecule has 0 saturated heterocycles. The van der Waals surface area contributed by atoms with Crippen molar-refractivity contribution in [3.63, 3.8) is 0 Å². The zero-order valence-corrected chi connectivity index (χ0v) is 11.3. The Balaban J connectivity index is 2.20. The molecule has 96 valence electrons. The molecule has 2 heteroatoms. The van der Waals surface area contributed by atoms with Crippen molar-refractivity contribution in [2.75, 3.05) is 5.73 Å². The van der Waals surface area contributed by atoms with E-state index in [9.17, 15) is 0 Å². The van der Waals surface area contributed by atoms with Gasteiger partial charge in [0.25, 0.3) is 0 Å². The molecule has 0 spiro atoms. The van der Waals surface area contributed by atoms with Crippen LogP contribution in [0.5, 0.6) is 0 Å². The zero-order valence-electron chi connectivity index (χ0n) is 11.3. The Bertz CT molecular complexity index is 593. The van der Waals surface area contributed by atoms with Crippen molar-refractivity contribution in [1.82, 2.24) is 0 Å². The van der Waals surface area contributed by atoms with Crippen molar-refractivity contribution >= 4 is 17.0 Å². The van der Waals surface area contributed by atoms with Crippen LogP contribution in [0.15, 0.2) is 65.8 Å². The lowest BCUT2D eigenvalue weighted by Gasteiger charge is -2.02. The maximum atomic E-state index is 5.68. The molecule has 0 aliphatic rings. The Hall–Kier alpha value is -2.35. The summed E-state index contributed by atoms with van der Waals surface area (Å²) in [4.78, 5) is 4.52. The molecule has 0 heterocycles. The predicted molar refractivity (Wildman–Crippen MR) is 83.2 cm³/mol. The summed E-state index contributed by atoms with van der Waals surface area (Å²) >= 11 is 0. The summed E-state index contributed by atoms with van der Waals surface area (Å²) in [6, 6.07) is 18.0. The fourth-order valence-corrected chi connectivity index (χ4v) is 1.77. The second kappa shape index (κ2) is 6.01. The first kappa shape index (κ1) is 13.1. The summed E-state index contributed by atoms with van der Waals surface area (Å²) in [5.41, 5.74) is 10.9. The lowest BCUT2D eigenvalue weighted by atomic mass is 10.1. The average Bonchev–Trinajstić information content (AvgIpc) is 2.46. The normalized spacial score (nSPS) is 12.5. The first-order valence-electron chi connectivity index (χ1n) is 6.29. The number of hydrogen-bond acceptors (Lipinski definition) is 2. The van der Waals surface area contributed by atoms with Crippen molar-refractivity contribution in [3.05, 3.63) is 71.9 Å². The van der Waals surface area contributed by atoms with Gasteiger partial charge in [-0.15, -0.1) is 0 Å². The minimum absolute atomic E-state index is 0.778. The molecule has 0 aliphatic heterocycles. The standard InChI is InChI=1S/C17H18N2/c1-13(15-8-10-17(18)11-9-15)12-19-14(2)16-6-4-3-5-7-16/h3-12H,18H2,1-2H3/b13-12+,19-14?. The highest BCUT2D eigenvalue weighted by Gasteiger charge is 1.96. The number of nitrogens with two attached hydrogens (primary N) is 1. The fourth-order valence-electron chi connectivity index (χ4n) is 1.77. The predicted octanol–water partition coefficient (Wildman–Crippen LogP) is 4.14. The van der Waals surface area contributed by atoms with Crippen molar-refractivity contribution < 1.29 is 0 Å². The van der Waals surface area contributed by atoms with Crippen molar-refractivity contribution in [2.24, 2.45) is 4.99 Å². The summed E-state index contributed by atoms with van der Waals surface area (Å²) in [5.74, 6) is 0. The first-order chi connectivity index (χ1) is 9.16. The molecule has 0 fully saturated rings. The van der Waals surface area contributed by atoms with Crippen LogP contribution in [0.3, 0.4) is 0 Å². The number of hydrogen-bond donors (Lipinski definition) is 1. The number of aliphatic imine (C=N–C) groups is 1. The second-order valence-electron chi connectivity index (χ2n) is 4.51. The van der Waals surface area contributed by atoms with Gasteiger partial charge in [0.05, 0.1) is 0 Å². The maximum Gasteiger partial charge on any atom is 0.0445 e. The van der Waals surface area contributed by atoms with Crippen LogP contribution in [-0.4, -0.2) is 5.71 Å². The van der Waals surface area contributed by atoms with Crippen LogP contribution >= 0.6 is 0 Å². The molecule has 2 aromatic rings. The van der Waals surface area contributed by atoms with Crippen molar-refractivity contribution in [3.8, 4) is 0 Å². The quantitative estimate of drug-likeness (QED) is 0.645. The third kappa shape index (κ3) is 3.55. The van der Waals surface area contributed by atoms with Gasteiger partial charge in [-0.2, -0.15) is 0 Å². The van der Waals surface area contributed by atoms with Crippen LogP contribution in [0.25, 0.3) is 5.57 Å². The number of rotatable bonds is 3. The highest BCUT2D eigenvalue weighted by molar-refractivity contribution is 5.99. The molecule has 2 aromatic carbocycles. The van der Waals surface area contributed by atoms with Gasteiger partial charge in [0, 0.05) is 17.6 Å². The molecule has 2 nitrogen and oxygen atoms in total. The van der Waals surface area contributed by atoms with E-state index >= 15 is 0 Å². The Labute approximate surface area is 114 Å². The van der Waals surface area contributed by atoms with Gasteiger partial charge < -0.3 is 5.73 Å². The molecular formula is C17H18N2. The van der Waals surface area contributed by atoms with Gasteiger partial charge in [0.1, 0.15) is 0 Å². The van der Waals surface area contributed by atoms with E-state index in [0.29, 0.717) is 0 Å². The minimum Gasteiger partial charge on any atom is -0.399 e. The van der Waals surface area contributed by atoms with Crippen LogP contribution in [0.4, 0.5) is 5.69 Å². The minimum atomic E-state index is 0.778. The van der Waals surface area contributed by atoms with E-state index in [2.05, 4.69) is 17.1 Å². The van der Waals surface area contributed by atoms with Gasteiger partial charge in [0.15, 0.2) is 0 Å². The van der Waals surface area contributed by atoms with E-state index < -0.39 is 0 Å². The molecule has 0 amide bonds. The molecule has 0 aromatic heterocycles. The molecule has 2 N–H and O–H groups in total. The number of benzene rings is 2. The number of nitrogens with zero attached hydrogens (tertiary/aromatic N) is 1. The summed E-state index contributed by atoms with van der Waals surface area (Å²) < 4.78 is 0. The zero-order chi connectivity index (χ0) is 13.7. The topological polar surface area (TPSA) is 38.4 Å². The molecule has 0 radical (unpaired) electrons. The van der Waals surface area contributed by atoms with Crippen LogP contribution in [0.1, 0.15) is 25.0 Å². The first-order valence-corrected chi connectivity index (χ1v) is 6.29. The van der Waals surface area contributed by atoms with Crippen LogP contribution in [0.2, 0.25) is 0 Å². The van der Waals surface area contributed by atoms with Gasteiger partial charge in [-0.1, -0.05) is 42.5 Å². The maximum absolute atomic E-state index is 5.68. The SMILES string of the molecule is CC(=N/C=C(\C)c1ccc(N)cc1)c1ccccc1. The van der Waals surface area contributed by atoms with Crippen molar-refractivity contribution in [2.45, 2.75) is 13.8 Å². The lowest BCUT2D eigenvalue weighted by Crippen LogP contribution is -1.92. The van der Waals surface area contributed by atoms with E-state index in [1.807, 2.05) is 62.5 Å². The average molecular weight is 250 g/mol. The van der Waals surface area contributed by atoms with Gasteiger partial charge in [-0.3, -0.25) is 4.99 Å². The monoisotopic (exact) mass is 250 g/mol. The summed E-state index contributed by atoms with van der Waals surface area (Å²) in [7, 11) is 0. The van der Waals surface area contributed by atoms with Crippen LogP contribution in [-0.2, 0) is 0 Å². The largest absolute Gasteiger partial charge is 0.399 e. The molecule has 0 atom stereocenters. The highest BCUT2D eigenvalue weighted by Crippen LogP contribution is 2.15. The Morgan fingerprint density at radius 3 is 2.16 bits per heavy atom. The number of nitrogen functional groups attached to an aromatic ring is 1. The Morgan fingerprint density at radius 1 is 0.895 bits per heavy atom. The van der Waals surface area contributed by atoms with Crippen LogP contribution < -0.4 is 5.73 Å². The second-order valence-corrected chi connectivity index (χ2v) is 4.51. The van der Waals surface area contributed by atoms with Crippen LogP contribution in [0, 0.1) is 0 Å². The summed E-state index contributed by atoms with van der Waals surface area (Å²) in [6.07, 6.45) is 1.90. The summed E-state index contributed by atoms with van der Waals surface area (Å²) in [5, 5.41) is 0. The Kier molecular flexibility index (Phi) is 4.14. The van der Waals surface area contributed by atoms with E-state index in [4.69, 9.17) is 5.73 Å². The smallest absolute Gasteiger partial charge is 0.0445 e. The van der Waals surface area contributed by atoms with Gasteiger partial charge >= 0.3 is 0 Å². The van der Waals surface area contributed by atoms with E-state index in [1.54, 1.807) is 0 Å². The number of anilines is 1. The Morgan fingerprint density at radius 2 is 1.53 bits per heavy atom. The molecule has 0 aliphatic carbocycles. The molecular weight excluding hydrogens is 232 g/mol. The summed E-state index contributed by atoms with van der Waals surface area (Å²) in [6.45, 7) is 4.06. The van der Waals surface area contributed by atoms with Gasteiger partial charge in [-0.05, 0) is 42.7 Å². The molecule has 0 unspecified atom stereocenters. The molecule has 0 saturated carbocycles. The fraction of sp³-hybridized carbons (Fsp3) is 0.118. The van der Waals surface area contributed by atoms with Gasteiger partial charge in [-0.25, -0.2) is 0 Å². The lowest BCUT2D eigenvalue weighted by molar-refractivity contribution is 1.46.